The largest absolute Gasteiger partial charge is 0.345 e. The van der Waals surface area contributed by atoms with E-state index in [-0.39, 0.29) is 22.9 Å². The van der Waals surface area contributed by atoms with Gasteiger partial charge in [-0.2, -0.15) is 0 Å². The fourth-order valence-electron chi connectivity index (χ4n) is 1.66. The molecule has 1 aromatic rings. The van der Waals surface area contributed by atoms with E-state index in [1.165, 1.54) is 13.0 Å². The average molecular weight is 351 g/mol. The van der Waals surface area contributed by atoms with Crippen LogP contribution in [0.1, 0.15) is 13.3 Å². The molecule has 0 aliphatic carbocycles. The summed E-state index contributed by atoms with van der Waals surface area (Å²) in [4.78, 5) is 23.3. The highest BCUT2D eigenvalue weighted by Gasteiger charge is 2.22. The third-order valence-electron chi connectivity index (χ3n) is 2.66. The molecule has 9 heteroatoms. The lowest BCUT2D eigenvalue weighted by Crippen LogP contribution is -2.44. The molecule has 1 atom stereocenters. The van der Waals surface area contributed by atoms with Crippen molar-refractivity contribution in [3.05, 3.63) is 29.0 Å². The smallest absolute Gasteiger partial charge is 0.247 e. The maximum atomic E-state index is 12.9. The van der Waals surface area contributed by atoms with Crippen LogP contribution in [0.2, 0.25) is 5.02 Å². The Hall–Kier alpha value is -1.67. The minimum absolute atomic E-state index is 0.00182. The number of sulfone groups is 1. The van der Waals surface area contributed by atoms with E-state index < -0.39 is 33.5 Å². The summed E-state index contributed by atoms with van der Waals surface area (Å²) in [5.41, 5.74) is 0.169. The molecule has 0 unspecified atom stereocenters. The molecule has 0 aliphatic heterocycles. The molecule has 2 amide bonds. The minimum atomic E-state index is -3.28. The summed E-state index contributed by atoms with van der Waals surface area (Å²) in [5, 5.41) is 4.80. The Morgan fingerprint density at radius 3 is 2.50 bits per heavy atom. The van der Waals surface area contributed by atoms with Crippen LogP contribution in [0.5, 0.6) is 0 Å². The number of anilines is 1. The van der Waals surface area contributed by atoms with Crippen LogP contribution in [0.3, 0.4) is 0 Å². The predicted molar refractivity (Wildman–Crippen MR) is 82.0 cm³/mol. The second-order valence-corrected chi connectivity index (χ2v) is 7.45. The van der Waals surface area contributed by atoms with Crippen LogP contribution in [0.4, 0.5) is 10.1 Å². The molecule has 0 aromatic heterocycles. The summed E-state index contributed by atoms with van der Waals surface area (Å²) in [6, 6.07) is 2.39. The van der Waals surface area contributed by atoms with E-state index in [0.29, 0.717) is 0 Å². The van der Waals surface area contributed by atoms with Gasteiger partial charge in [-0.3, -0.25) is 9.59 Å². The number of benzene rings is 1. The van der Waals surface area contributed by atoms with Crippen LogP contribution < -0.4 is 10.6 Å². The number of hydrogen-bond acceptors (Lipinski definition) is 4. The van der Waals surface area contributed by atoms with Crippen LogP contribution in [-0.2, 0) is 19.4 Å². The van der Waals surface area contributed by atoms with Crippen molar-refractivity contribution in [2.75, 3.05) is 17.3 Å². The fraction of sp³-hybridized carbons (Fsp3) is 0.385. The van der Waals surface area contributed by atoms with Gasteiger partial charge in [0, 0.05) is 13.2 Å². The summed E-state index contributed by atoms with van der Waals surface area (Å²) in [7, 11) is -3.28. The van der Waals surface area contributed by atoms with E-state index in [1.807, 2.05) is 0 Å². The van der Waals surface area contributed by atoms with Crippen LogP contribution in [0.25, 0.3) is 0 Å². The van der Waals surface area contributed by atoms with Crippen LogP contribution >= 0.6 is 11.6 Å². The maximum Gasteiger partial charge on any atom is 0.247 e. The molecule has 0 radical (unpaired) electrons. The van der Waals surface area contributed by atoms with Gasteiger partial charge in [-0.05, 0) is 24.6 Å². The Balaban J connectivity index is 2.84. The zero-order valence-electron chi connectivity index (χ0n) is 12.0. The van der Waals surface area contributed by atoms with Crippen molar-refractivity contribution >= 4 is 38.9 Å². The van der Waals surface area contributed by atoms with Crippen LogP contribution in [0, 0.1) is 5.82 Å². The van der Waals surface area contributed by atoms with Gasteiger partial charge in [-0.1, -0.05) is 11.6 Å². The van der Waals surface area contributed by atoms with Crippen molar-refractivity contribution in [1.82, 2.24) is 5.32 Å². The number of halogens is 2. The molecule has 122 valence electrons. The monoisotopic (exact) mass is 350 g/mol. The number of nitrogens with one attached hydrogen (secondary N) is 2. The summed E-state index contributed by atoms with van der Waals surface area (Å²) < 4.78 is 35.3. The van der Waals surface area contributed by atoms with Gasteiger partial charge in [0.05, 0.1) is 16.5 Å². The van der Waals surface area contributed by atoms with Crippen molar-refractivity contribution < 1.29 is 22.4 Å². The van der Waals surface area contributed by atoms with Crippen molar-refractivity contribution in [3.63, 3.8) is 0 Å². The topological polar surface area (TPSA) is 92.3 Å². The third-order valence-corrected chi connectivity index (χ3v) is 3.95. The van der Waals surface area contributed by atoms with Crippen molar-refractivity contribution in [2.24, 2.45) is 0 Å². The lowest BCUT2D eigenvalue weighted by molar-refractivity contribution is -0.125. The standard InChI is InChI=1S/C13H16ClFN2O4S/c1-8(18)16-12(5-6-22(2,20)21)13(19)17-11-4-3-9(15)7-10(11)14/h3-4,7,12H,5-6H2,1-2H3,(H,16,18)(H,17,19)/t12-/m1/s1. The van der Waals surface area contributed by atoms with Gasteiger partial charge in [0.2, 0.25) is 11.8 Å². The molecule has 1 rings (SSSR count). The third kappa shape index (κ3) is 6.40. The summed E-state index contributed by atoms with van der Waals surface area (Å²) in [6.07, 6.45) is 0.954. The van der Waals surface area contributed by atoms with E-state index in [0.717, 1.165) is 18.4 Å². The SMILES string of the molecule is CC(=O)N[C@H](CCS(C)(=O)=O)C(=O)Nc1ccc(F)cc1Cl. The van der Waals surface area contributed by atoms with Gasteiger partial charge in [-0.25, -0.2) is 12.8 Å². The zero-order valence-corrected chi connectivity index (χ0v) is 13.6. The van der Waals surface area contributed by atoms with Gasteiger partial charge in [0.1, 0.15) is 21.7 Å². The fourth-order valence-corrected chi connectivity index (χ4v) is 2.54. The second-order valence-electron chi connectivity index (χ2n) is 4.79. The Morgan fingerprint density at radius 2 is 2.00 bits per heavy atom. The Morgan fingerprint density at radius 1 is 1.36 bits per heavy atom. The van der Waals surface area contributed by atoms with Gasteiger partial charge >= 0.3 is 0 Å². The average Bonchev–Trinajstić information content (AvgIpc) is 2.36. The van der Waals surface area contributed by atoms with E-state index in [1.54, 1.807) is 0 Å². The first kappa shape index (κ1) is 18.4. The highest BCUT2D eigenvalue weighted by molar-refractivity contribution is 7.90. The Bertz CT molecular complexity index is 679. The molecule has 1 aromatic carbocycles. The van der Waals surface area contributed by atoms with Crippen molar-refractivity contribution in [1.29, 1.82) is 0 Å². The summed E-state index contributed by atoms with van der Waals surface area (Å²) in [6.45, 7) is 1.21. The van der Waals surface area contributed by atoms with Gasteiger partial charge < -0.3 is 10.6 Å². The lowest BCUT2D eigenvalue weighted by Gasteiger charge is -2.17. The molecule has 0 bridgehead atoms. The highest BCUT2D eigenvalue weighted by atomic mass is 35.5. The highest BCUT2D eigenvalue weighted by Crippen LogP contribution is 2.22. The molecule has 0 fully saturated rings. The normalized spacial score (nSPS) is 12.5. The number of amides is 2. The minimum Gasteiger partial charge on any atom is -0.345 e. The Kier molecular flexibility index (Phi) is 6.31. The van der Waals surface area contributed by atoms with Crippen LogP contribution in [-0.4, -0.2) is 38.3 Å². The number of hydrogen-bond donors (Lipinski definition) is 2. The first-order valence-electron chi connectivity index (χ1n) is 6.29. The van der Waals surface area contributed by atoms with E-state index in [4.69, 9.17) is 11.6 Å². The predicted octanol–water partition coefficient (Wildman–Crippen LogP) is 1.36. The lowest BCUT2D eigenvalue weighted by atomic mass is 10.2. The quantitative estimate of drug-likeness (QED) is 0.810. The molecule has 6 nitrogen and oxygen atoms in total. The molecule has 0 saturated heterocycles. The van der Waals surface area contributed by atoms with E-state index in [9.17, 15) is 22.4 Å². The molecule has 0 aliphatic rings. The van der Waals surface area contributed by atoms with E-state index in [2.05, 4.69) is 10.6 Å². The maximum absolute atomic E-state index is 12.9. The molecule has 0 heterocycles. The molecular formula is C13H16ClFN2O4S. The molecule has 2 N–H and O–H groups in total. The van der Waals surface area contributed by atoms with Gasteiger partial charge in [0.25, 0.3) is 0 Å². The van der Waals surface area contributed by atoms with Gasteiger partial charge in [-0.15, -0.1) is 0 Å². The van der Waals surface area contributed by atoms with Crippen molar-refractivity contribution in [3.8, 4) is 0 Å². The molecule has 22 heavy (non-hydrogen) atoms. The number of carbonyl (C=O) groups excluding carboxylic acids is 2. The molecule has 0 spiro atoms. The first-order chi connectivity index (χ1) is 10.1. The van der Waals surface area contributed by atoms with Gasteiger partial charge in [0.15, 0.2) is 0 Å². The Labute approximate surface area is 133 Å². The second kappa shape index (κ2) is 7.55. The van der Waals surface area contributed by atoms with Crippen molar-refractivity contribution in [2.45, 2.75) is 19.4 Å². The molecule has 0 saturated carbocycles. The first-order valence-corrected chi connectivity index (χ1v) is 8.73. The van der Waals surface area contributed by atoms with E-state index >= 15 is 0 Å². The zero-order chi connectivity index (χ0) is 16.9. The van der Waals surface area contributed by atoms with Crippen LogP contribution in [0.15, 0.2) is 18.2 Å². The summed E-state index contributed by atoms with van der Waals surface area (Å²) >= 11 is 5.80. The summed E-state index contributed by atoms with van der Waals surface area (Å²) in [5.74, 6) is -1.92. The number of rotatable bonds is 6. The number of carbonyl (C=O) groups is 2. The molecular weight excluding hydrogens is 335 g/mol.